The standard InChI is InChI=1S/C22H29N3O4/c1-6-12-29-18-11-9-8-10-16(18)15-24-22(23-7-2)25-17-13-19(26-3)21(28-5)20(14-17)27-4/h6,8-11,13-14H,1,7,12,15H2,2-5H3,(H2,23,24,25). The zero-order valence-electron chi connectivity index (χ0n) is 17.5. The van der Waals surface area contributed by atoms with Gasteiger partial charge in [0.1, 0.15) is 12.4 Å². The van der Waals surface area contributed by atoms with E-state index in [1.54, 1.807) is 27.4 Å². The first-order valence-electron chi connectivity index (χ1n) is 9.33. The molecular formula is C22H29N3O4. The smallest absolute Gasteiger partial charge is 0.203 e. The van der Waals surface area contributed by atoms with E-state index in [-0.39, 0.29) is 0 Å². The molecule has 0 amide bonds. The maximum absolute atomic E-state index is 5.71. The van der Waals surface area contributed by atoms with Crippen LogP contribution >= 0.6 is 0 Å². The zero-order chi connectivity index (χ0) is 21.1. The Labute approximate surface area is 172 Å². The molecule has 0 bridgehead atoms. The lowest BCUT2D eigenvalue weighted by Crippen LogP contribution is -2.30. The summed E-state index contributed by atoms with van der Waals surface area (Å²) in [5, 5.41) is 6.52. The molecule has 0 atom stereocenters. The molecule has 0 saturated carbocycles. The molecule has 0 saturated heterocycles. The van der Waals surface area contributed by atoms with Crippen LogP contribution in [0.4, 0.5) is 5.69 Å². The van der Waals surface area contributed by atoms with E-state index in [0.29, 0.717) is 42.9 Å². The molecule has 156 valence electrons. The summed E-state index contributed by atoms with van der Waals surface area (Å²) in [6.07, 6.45) is 1.72. The minimum Gasteiger partial charge on any atom is -0.493 e. The molecule has 7 heteroatoms. The Morgan fingerprint density at radius 1 is 1.03 bits per heavy atom. The summed E-state index contributed by atoms with van der Waals surface area (Å²) in [6, 6.07) is 11.5. The van der Waals surface area contributed by atoms with Crippen LogP contribution in [0.1, 0.15) is 12.5 Å². The van der Waals surface area contributed by atoms with E-state index in [1.807, 2.05) is 43.3 Å². The number of hydrogen-bond donors (Lipinski definition) is 2. The van der Waals surface area contributed by atoms with Gasteiger partial charge < -0.3 is 29.6 Å². The van der Waals surface area contributed by atoms with Crippen molar-refractivity contribution in [2.75, 3.05) is 39.8 Å². The largest absolute Gasteiger partial charge is 0.493 e. The van der Waals surface area contributed by atoms with E-state index in [9.17, 15) is 0 Å². The van der Waals surface area contributed by atoms with E-state index in [4.69, 9.17) is 18.9 Å². The van der Waals surface area contributed by atoms with Gasteiger partial charge in [0.05, 0.1) is 27.9 Å². The van der Waals surface area contributed by atoms with Crippen molar-refractivity contribution in [2.24, 2.45) is 4.99 Å². The second-order valence-electron chi connectivity index (χ2n) is 5.94. The maximum atomic E-state index is 5.71. The van der Waals surface area contributed by atoms with Gasteiger partial charge in [-0.05, 0) is 13.0 Å². The molecule has 2 rings (SSSR count). The van der Waals surface area contributed by atoms with Crippen LogP contribution in [0.3, 0.4) is 0 Å². The molecule has 0 spiro atoms. The van der Waals surface area contributed by atoms with Gasteiger partial charge in [-0.2, -0.15) is 0 Å². The zero-order valence-corrected chi connectivity index (χ0v) is 17.5. The Morgan fingerprint density at radius 2 is 1.72 bits per heavy atom. The number of anilines is 1. The van der Waals surface area contributed by atoms with Crippen molar-refractivity contribution < 1.29 is 18.9 Å². The predicted molar refractivity (Wildman–Crippen MR) is 117 cm³/mol. The fourth-order valence-electron chi connectivity index (χ4n) is 2.69. The lowest BCUT2D eigenvalue weighted by molar-refractivity contribution is 0.324. The fourth-order valence-corrected chi connectivity index (χ4v) is 2.69. The maximum Gasteiger partial charge on any atom is 0.203 e. The van der Waals surface area contributed by atoms with Gasteiger partial charge >= 0.3 is 0 Å². The van der Waals surface area contributed by atoms with E-state index in [2.05, 4.69) is 22.2 Å². The second kappa shape index (κ2) is 11.5. The molecular weight excluding hydrogens is 370 g/mol. The number of rotatable bonds is 10. The quantitative estimate of drug-likeness (QED) is 0.359. The third-order valence-electron chi connectivity index (χ3n) is 4.01. The molecule has 0 heterocycles. The number of ether oxygens (including phenoxy) is 4. The monoisotopic (exact) mass is 399 g/mol. The highest BCUT2D eigenvalue weighted by molar-refractivity contribution is 5.94. The predicted octanol–water partition coefficient (Wildman–Crippen LogP) is 3.85. The van der Waals surface area contributed by atoms with E-state index in [0.717, 1.165) is 17.0 Å². The Hall–Kier alpha value is -3.35. The number of aliphatic imine (C=N–C) groups is 1. The number of nitrogens with one attached hydrogen (secondary N) is 2. The molecule has 2 N–H and O–H groups in total. The Bertz CT molecular complexity index is 812. The van der Waals surface area contributed by atoms with E-state index in [1.165, 1.54) is 0 Å². The fraction of sp³-hybridized carbons (Fsp3) is 0.318. The first-order valence-corrected chi connectivity index (χ1v) is 9.33. The molecule has 0 aliphatic heterocycles. The van der Waals surface area contributed by atoms with Crippen LogP contribution in [-0.2, 0) is 6.54 Å². The van der Waals surface area contributed by atoms with Gasteiger partial charge in [-0.25, -0.2) is 4.99 Å². The summed E-state index contributed by atoms with van der Waals surface area (Å²) in [5.41, 5.74) is 1.74. The van der Waals surface area contributed by atoms with Crippen LogP contribution in [0, 0.1) is 0 Å². The molecule has 7 nitrogen and oxygen atoms in total. The number of nitrogens with zero attached hydrogens (tertiary/aromatic N) is 1. The molecule has 0 aliphatic carbocycles. The Kier molecular flexibility index (Phi) is 8.69. The lowest BCUT2D eigenvalue weighted by atomic mass is 10.2. The third-order valence-corrected chi connectivity index (χ3v) is 4.01. The van der Waals surface area contributed by atoms with Gasteiger partial charge in [-0.3, -0.25) is 0 Å². The van der Waals surface area contributed by atoms with Crippen molar-refractivity contribution in [3.63, 3.8) is 0 Å². The van der Waals surface area contributed by atoms with Crippen molar-refractivity contribution in [3.05, 3.63) is 54.6 Å². The summed E-state index contributed by atoms with van der Waals surface area (Å²) in [5.74, 6) is 3.08. The summed E-state index contributed by atoms with van der Waals surface area (Å²) >= 11 is 0. The van der Waals surface area contributed by atoms with Crippen LogP contribution in [0.2, 0.25) is 0 Å². The van der Waals surface area contributed by atoms with Gasteiger partial charge in [-0.15, -0.1) is 0 Å². The van der Waals surface area contributed by atoms with Crippen molar-refractivity contribution in [2.45, 2.75) is 13.5 Å². The molecule has 0 aliphatic rings. The summed E-state index contributed by atoms with van der Waals surface area (Å²) in [7, 11) is 4.74. The highest BCUT2D eigenvalue weighted by atomic mass is 16.5. The molecule has 0 fully saturated rings. The van der Waals surface area contributed by atoms with Crippen LogP contribution < -0.4 is 29.6 Å². The van der Waals surface area contributed by atoms with Crippen LogP contribution in [0.15, 0.2) is 54.0 Å². The minimum atomic E-state index is 0.449. The average Bonchev–Trinajstić information content (AvgIpc) is 2.75. The van der Waals surface area contributed by atoms with E-state index < -0.39 is 0 Å². The van der Waals surface area contributed by atoms with Crippen LogP contribution in [-0.4, -0.2) is 40.4 Å². The second-order valence-corrected chi connectivity index (χ2v) is 5.94. The molecule has 0 radical (unpaired) electrons. The first kappa shape index (κ1) is 21.9. The Balaban J connectivity index is 2.25. The van der Waals surface area contributed by atoms with Gasteiger partial charge in [0.15, 0.2) is 17.5 Å². The van der Waals surface area contributed by atoms with Crippen molar-refractivity contribution in [3.8, 4) is 23.0 Å². The topological polar surface area (TPSA) is 73.3 Å². The third kappa shape index (κ3) is 6.07. The molecule has 2 aromatic rings. The lowest BCUT2D eigenvalue weighted by Gasteiger charge is -2.16. The van der Waals surface area contributed by atoms with Gasteiger partial charge in [0.2, 0.25) is 5.75 Å². The minimum absolute atomic E-state index is 0.449. The summed E-state index contributed by atoms with van der Waals surface area (Å²) in [6.45, 7) is 7.31. The number of benzene rings is 2. The molecule has 2 aromatic carbocycles. The normalized spacial score (nSPS) is 10.8. The molecule has 29 heavy (non-hydrogen) atoms. The number of hydrogen-bond acceptors (Lipinski definition) is 5. The van der Waals surface area contributed by atoms with Crippen LogP contribution in [0.25, 0.3) is 0 Å². The molecule has 0 unspecified atom stereocenters. The van der Waals surface area contributed by atoms with Crippen LogP contribution in [0.5, 0.6) is 23.0 Å². The first-order chi connectivity index (χ1) is 14.2. The Morgan fingerprint density at radius 3 is 2.31 bits per heavy atom. The highest BCUT2D eigenvalue weighted by Gasteiger charge is 2.14. The number of methoxy groups -OCH3 is 3. The van der Waals surface area contributed by atoms with Crippen molar-refractivity contribution in [1.29, 1.82) is 0 Å². The SMILES string of the molecule is C=CCOc1ccccc1CN=C(NCC)Nc1cc(OC)c(OC)c(OC)c1. The number of para-hydroxylation sites is 1. The van der Waals surface area contributed by atoms with Gasteiger partial charge in [-0.1, -0.05) is 30.9 Å². The highest BCUT2D eigenvalue weighted by Crippen LogP contribution is 2.39. The van der Waals surface area contributed by atoms with Gasteiger partial charge in [0, 0.05) is 29.9 Å². The van der Waals surface area contributed by atoms with Gasteiger partial charge in [0.25, 0.3) is 0 Å². The number of guanidine groups is 1. The summed E-state index contributed by atoms with van der Waals surface area (Å²) in [4.78, 5) is 4.68. The molecule has 0 aromatic heterocycles. The van der Waals surface area contributed by atoms with E-state index >= 15 is 0 Å². The average molecular weight is 399 g/mol. The summed E-state index contributed by atoms with van der Waals surface area (Å²) < 4.78 is 21.9. The van der Waals surface area contributed by atoms with Crippen molar-refractivity contribution in [1.82, 2.24) is 5.32 Å². The van der Waals surface area contributed by atoms with Crippen molar-refractivity contribution >= 4 is 11.6 Å².